The molecule has 4 nitrogen and oxygen atoms in total. The summed E-state index contributed by atoms with van der Waals surface area (Å²) in [6, 6.07) is 7.27. The van der Waals surface area contributed by atoms with E-state index in [-0.39, 0.29) is 6.03 Å². The molecule has 21 heavy (non-hydrogen) atoms. The molecule has 0 aliphatic carbocycles. The maximum Gasteiger partial charge on any atom is 0.346 e. The van der Waals surface area contributed by atoms with Gasteiger partial charge in [-0.25, -0.2) is 4.79 Å². The summed E-state index contributed by atoms with van der Waals surface area (Å²) in [6.45, 7) is 7.21. The molecule has 0 spiro atoms. The molecule has 0 aliphatic rings. The van der Waals surface area contributed by atoms with Crippen molar-refractivity contribution in [2.45, 2.75) is 20.8 Å². The summed E-state index contributed by atoms with van der Waals surface area (Å²) in [7, 11) is 0. The van der Waals surface area contributed by atoms with Crippen LogP contribution in [0.4, 0.5) is 4.79 Å². The third kappa shape index (κ3) is 3.74. The fraction of sp³-hybridized carbons (Fsp3) is 0.333. The maximum absolute atomic E-state index is 12.2. The number of halogens is 1. The predicted molar refractivity (Wildman–Crippen MR) is 87.3 cm³/mol. The second-order valence-corrected chi connectivity index (χ2v) is 6.19. The number of hydrogen-bond acceptors (Lipinski definition) is 2. The molecule has 0 fully saturated rings. The van der Waals surface area contributed by atoms with Gasteiger partial charge in [0.1, 0.15) is 0 Å². The van der Waals surface area contributed by atoms with Crippen LogP contribution in [0.2, 0.25) is 5.02 Å². The van der Waals surface area contributed by atoms with Crippen LogP contribution < -0.4 is 4.80 Å². The quantitative estimate of drug-likeness (QED) is 0.845. The van der Waals surface area contributed by atoms with Gasteiger partial charge in [-0.15, -0.1) is 11.3 Å². The van der Waals surface area contributed by atoms with Gasteiger partial charge in [-0.05, 0) is 45.0 Å². The van der Waals surface area contributed by atoms with Crippen molar-refractivity contribution in [2.75, 3.05) is 13.1 Å². The van der Waals surface area contributed by atoms with Crippen molar-refractivity contribution < 1.29 is 4.79 Å². The van der Waals surface area contributed by atoms with Gasteiger partial charge in [-0.2, -0.15) is 4.99 Å². The second kappa shape index (κ2) is 6.91. The zero-order chi connectivity index (χ0) is 15.4. The van der Waals surface area contributed by atoms with Crippen LogP contribution in [0.25, 0.3) is 5.69 Å². The lowest BCUT2D eigenvalue weighted by atomic mass is 10.3. The number of aryl methyl sites for hydroxylation is 1. The molecule has 0 unspecified atom stereocenters. The van der Waals surface area contributed by atoms with Crippen LogP contribution in [0.15, 0.2) is 35.5 Å². The van der Waals surface area contributed by atoms with Gasteiger partial charge in [0.15, 0.2) is 4.80 Å². The Morgan fingerprint density at radius 1 is 1.29 bits per heavy atom. The number of urea groups is 1. The monoisotopic (exact) mass is 323 g/mol. The third-order valence-electron chi connectivity index (χ3n) is 3.10. The molecule has 0 saturated carbocycles. The van der Waals surface area contributed by atoms with E-state index >= 15 is 0 Å². The highest BCUT2D eigenvalue weighted by atomic mass is 35.5. The largest absolute Gasteiger partial charge is 0.346 e. The average molecular weight is 324 g/mol. The predicted octanol–water partition coefficient (Wildman–Crippen LogP) is 3.86. The minimum Gasteiger partial charge on any atom is -0.323 e. The van der Waals surface area contributed by atoms with Crippen LogP contribution in [-0.2, 0) is 0 Å². The summed E-state index contributed by atoms with van der Waals surface area (Å²) >= 11 is 7.41. The van der Waals surface area contributed by atoms with E-state index in [1.165, 1.54) is 11.3 Å². The summed E-state index contributed by atoms with van der Waals surface area (Å²) in [4.78, 5) is 19.9. The molecule has 0 bridgehead atoms. The first kappa shape index (κ1) is 15.8. The van der Waals surface area contributed by atoms with E-state index in [0.29, 0.717) is 22.9 Å². The summed E-state index contributed by atoms with van der Waals surface area (Å²) in [5, 5.41) is 0.684. The van der Waals surface area contributed by atoms with Gasteiger partial charge in [0, 0.05) is 34.9 Å². The Hall–Kier alpha value is -1.59. The fourth-order valence-electron chi connectivity index (χ4n) is 1.97. The van der Waals surface area contributed by atoms with Gasteiger partial charge >= 0.3 is 6.03 Å². The van der Waals surface area contributed by atoms with Crippen LogP contribution in [0, 0.1) is 6.92 Å². The van der Waals surface area contributed by atoms with Crippen molar-refractivity contribution in [3.05, 3.63) is 45.2 Å². The topological polar surface area (TPSA) is 37.6 Å². The number of thiazole rings is 1. The molecule has 1 aromatic heterocycles. The molecule has 1 aromatic carbocycles. The first-order valence-electron chi connectivity index (χ1n) is 6.83. The van der Waals surface area contributed by atoms with Gasteiger partial charge in [-0.1, -0.05) is 11.6 Å². The number of carbonyl (C=O) groups is 1. The zero-order valence-electron chi connectivity index (χ0n) is 12.3. The first-order chi connectivity index (χ1) is 10.0. The van der Waals surface area contributed by atoms with Gasteiger partial charge in [0.25, 0.3) is 0 Å². The number of rotatable bonds is 3. The molecule has 6 heteroatoms. The number of hydrogen-bond donors (Lipinski definition) is 0. The Labute approximate surface area is 133 Å². The minimum atomic E-state index is -0.204. The zero-order valence-corrected chi connectivity index (χ0v) is 13.9. The molecule has 2 amide bonds. The molecule has 0 atom stereocenters. The molecular weight excluding hydrogens is 306 g/mol. The minimum absolute atomic E-state index is 0.204. The normalized spacial score (nSPS) is 11.7. The standard InChI is InChI=1S/C15H18ClN3OS/c1-4-18(5-2)14(20)17-15-19(10-11(3)21-15)13-8-6-12(16)7-9-13/h6-10H,4-5H2,1-3H3/b17-15-. The number of carbonyl (C=O) groups excluding carboxylic acids is 1. The van der Waals surface area contributed by atoms with Gasteiger partial charge in [0.05, 0.1) is 0 Å². The highest BCUT2D eigenvalue weighted by molar-refractivity contribution is 7.09. The van der Waals surface area contributed by atoms with Crippen molar-refractivity contribution in [1.82, 2.24) is 9.47 Å². The van der Waals surface area contributed by atoms with E-state index in [1.807, 2.05) is 55.8 Å². The third-order valence-corrected chi connectivity index (χ3v) is 4.25. The van der Waals surface area contributed by atoms with E-state index in [1.54, 1.807) is 4.90 Å². The molecule has 2 aromatic rings. The molecular formula is C15H18ClN3OS. The summed E-state index contributed by atoms with van der Waals surface area (Å²) in [5.41, 5.74) is 0.940. The van der Waals surface area contributed by atoms with E-state index in [4.69, 9.17) is 11.6 Å². The van der Waals surface area contributed by atoms with Crippen LogP contribution in [0.5, 0.6) is 0 Å². The first-order valence-corrected chi connectivity index (χ1v) is 8.03. The molecule has 0 aliphatic heterocycles. The van der Waals surface area contributed by atoms with E-state index in [9.17, 15) is 4.79 Å². The Morgan fingerprint density at radius 3 is 2.48 bits per heavy atom. The molecule has 0 radical (unpaired) electrons. The number of benzene rings is 1. The number of amides is 2. The highest BCUT2D eigenvalue weighted by Gasteiger charge is 2.09. The van der Waals surface area contributed by atoms with E-state index < -0.39 is 0 Å². The van der Waals surface area contributed by atoms with Crippen molar-refractivity contribution in [3.8, 4) is 5.69 Å². The number of aromatic nitrogens is 1. The van der Waals surface area contributed by atoms with Crippen LogP contribution in [0.1, 0.15) is 18.7 Å². The lowest BCUT2D eigenvalue weighted by Gasteiger charge is -2.14. The second-order valence-electron chi connectivity index (χ2n) is 4.54. The van der Waals surface area contributed by atoms with Gasteiger partial charge in [0.2, 0.25) is 0 Å². The fourth-order valence-corrected chi connectivity index (χ4v) is 2.92. The van der Waals surface area contributed by atoms with Crippen molar-refractivity contribution in [1.29, 1.82) is 0 Å². The van der Waals surface area contributed by atoms with Crippen LogP contribution in [0.3, 0.4) is 0 Å². The Morgan fingerprint density at radius 2 is 1.90 bits per heavy atom. The van der Waals surface area contributed by atoms with Gasteiger partial charge < -0.3 is 4.90 Å². The van der Waals surface area contributed by atoms with E-state index in [0.717, 1.165) is 10.6 Å². The molecule has 2 rings (SSSR count). The lowest BCUT2D eigenvalue weighted by molar-refractivity contribution is 0.212. The number of nitrogens with zero attached hydrogens (tertiary/aromatic N) is 3. The SMILES string of the molecule is CCN(CC)C(=O)/N=c1\sc(C)cn1-c1ccc(Cl)cc1. The smallest absolute Gasteiger partial charge is 0.323 e. The molecule has 1 heterocycles. The Kier molecular flexibility index (Phi) is 5.20. The van der Waals surface area contributed by atoms with E-state index in [2.05, 4.69) is 4.99 Å². The summed E-state index contributed by atoms with van der Waals surface area (Å²) < 4.78 is 1.91. The van der Waals surface area contributed by atoms with Gasteiger partial charge in [-0.3, -0.25) is 4.57 Å². The molecule has 0 N–H and O–H groups in total. The lowest BCUT2D eigenvalue weighted by Crippen LogP contribution is -2.30. The Balaban J connectivity index is 2.46. The highest BCUT2D eigenvalue weighted by Crippen LogP contribution is 2.14. The average Bonchev–Trinajstić information content (AvgIpc) is 2.81. The Bertz CT molecular complexity index is 684. The van der Waals surface area contributed by atoms with Crippen molar-refractivity contribution in [3.63, 3.8) is 0 Å². The van der Waals surface area contributed by atoms with Crippen LogP contribution >= 0.6 is 22.9 Å². The maximum atomic E-state index is 12.2. The summed E-state index contributed by atoms with van der Waals surface area (Å²) in [6.07, 6.45) is 1.97. The summed E-state index contributed by atoms with van der Waals surface area (Å²) in [5.74, 6) is 0. The molecule has 112 valence electrons. The van der Waals surface area contributed by atoms with Crippen molar-refractivity contribution in [2.24, 2.45) is 4.99 Å². The van der Waals surface area contributed by atoms with Crippen molar-refractivity contribution >= 4 is 29.0 Å². The molecule has 0 saturated heterocycles. The van der Waals surface area contributed by atoms with Crippen LogP contribution in [-0.4, -0.2) is 28.6 Å².